The van der Waals surface area contributed by atoms with Crippen LogP contribution in [0.3, 0.4) is 0 Å². The molecule has 0 aliphatic carbocycles. The molecule has 18 heavy (non-hydrogen) atoms. The van der Waals surface area contributed by atoms with E-state index in [4.69, 9.17) is 10.4 Å². The van der Waals surface area contributed by atoms with Crippen LogP contribution in [0, 0.1) is 16.7 Å². The van der Waals surface area contributed by atoms with Crippen LogP contribution >= 0.6 is 0 Å². The van der Waals surface area contributed by atoms with Gasteiger partial charge in [0.15, 0.2) is 5.03 Å². The number of H-pyrrole nitrogens is 1. The van der Waals surface area contributed by atoms with Gasteiger partial charge in [-0.25, -0.2) is 17.9 Å². The molecule has 1 aromatic heterocycles. The van der Waals surface area contributed by atoms with E-state index < -0.39 is 32.0 Å². The van der Waals surface area contributed by atoms with Crippen LogP contribution < -0.4 is 4.72 Å². The number of aromatic nitrogens is 2. The summed E-state index contributed by atoms with van der Waals surface area (Å²) in [5.74, 6) is -1.40. The molecule has 0 aliphatic rings. The fourth-order valence-corrected chi connectivity index (χ4v) is 2.32. The van der Waals surface area contributed by atoms with Crippen molar-refractivity contribution in [2.75, 3.05) is 6.54 Å². The summed E-state index contributed by atoms with van der Waals surface area (Å²) in [6.07, 6.45) is 0.909. The lowest BCUT2D eigenvalue weighted by atomic mass is 9.97. The topological polar surface area (TPSA) is 136 Å². The molecule has 3 N–H and O–H groups in total. The van der Waals surface area contributed by atoms with Gasteiger partial charge in [-0.3, -0.25) is 5.10 Å². The summed E-state index contributed by atoms with van der Waals surface area (Å²) in [6.45, 7) is 2.98. The van der Waals surface area contributed by atoms with Gasteiger partial charge in [0, 0.05) is 6.54 Å². The highest BCUT2D eigenvalue weighted by Crippen LogP contribution is 2.15. The summed E-state index contributed by atoms with van der Waals surface area (Å²) in [5, 5.41) is 22.5. The first kappa shape index (κ1) is 14.1. The lowest BCUT2D eigenvalue weighted by molar-refractivity contribution is 0.0692. The maximum atomic E-state index is 11.8. The lowest BCUT2D eigenvalue weighted by Crippen LogP contribution is -2.34. The van der Waals surface area contributed by atoms with E-state index in [0.29, 0.717) is 0 Å². The molecular weight excluding hydrogens is 260 g/mol. The third-order valence-corrected chi connectivity index (χ3v) is 3.48. The van der Waals surface area contributed by atoms with E-state index in [-0.39, 0.29) is 6.54 Å². The first-order valence-corrected chi connectivity index (χ1v) is 6.35. The Morgan fingerprint density at radius 1 is 1.67 bits per heavy atom. The Balaban J connectivity index is 2.98. The fourth-order valence-electron chi connectivity index (χ4n) is 1.02. The van der Waals surface area contributed by atoms with E-state index in [1.165, 1.54) is 0 Å². The largest absolute Gasteiger partial charge is 0.478 e. The van der Waals surface area contributed by atoms with Crippen LogP contribution in [0.5, 0.6) is 0 Å². The molecule has 9 heteroatoms. The van der Waals surface area contributed by atoms with Crippen molar-refractivity contribution in [2.24, 2.45) is 5.41 Å². The van der Waals surface area contributed by atoms with Crippen LogP contribution in [0.2, 0.25) is 0 Å². The summed E-state index contributed by atoms with van der Waals surface area (Å²) in [6, 6.07) is 1.93. The second-order valence-corrected chi connectivity index (χ2v) is 5.94. The van der Waals surface area contributed by atoms with Gasteiger partial charge in [0.2, 0.25) is 0 Å². The SMILES string of the molecule is CC(C)(C#N)CNS(=O)(=O)c1[nH]ncc1C(=O)O. The first-order chi connectivity index (χ1) is 8.19. The highest BCUT2D eigenvalue weighted by molar-refractivity contribution is 7.89. The average molecular weight is 272 g/mol. The molecule has 0 bridgehead atoms. The van der Waals surface area contributed by atoms with Crippen LogP contribution in [-0.2, 0) is 10.0 Å². The number of carboxylic acids is 1. The number of nitriles is 1. The van der Waals surface area contributed by atoms with E-state index in [2.05, 4.69) is 14.9 Å². The zero-order chi connectivity index (χ0) is 14.0. The standard InChI is InChI=1S/C9H12N4O4S/c1-9(2,4-10)5-12-18(16,17)7-6(8(14)15)3-11-13-7/h3,12H,5H2,1-2H3,(H,11,13)(H,14,15). The molecule has 1 rings (SSSR count). The summed E-state index contributed by atoms with van der Waals surface area (Å²) in [5.41, 5.74) is -1.34. The smallest absolute Gasteiger partial charge is 0.340 e. The van der Waals surface area contributed by atoms with Crippen molar-refractivity contribution in [3.63, 3.8) is 0 Å². The van der Waals surface area contributed by atoms with Gasteiger partial charge in [-0.05, 0) is 13.8 Å². The molecule has 0 spiro atoms. The number of hydrogen-bond acceptors (Lipinski definition) is 5. The number of rotatable bonds is 5. The van der Waals surface area contributed by atoms with Crippen LogP contribution in [0.4, 0.5) is 0 Å². The Bertz CT molecular complexity index is 596. The second kappa shape index (κ2) is 4.75. The number of aromatic carboxylic acids is 1. The highest BCUT2D eigenvalue weighted by Gasteiger charge is 2.27. The number of aromatic amines is 1. The van der Waals surface area contributed by atoms with Crippen LogP contribution in [0.1, 0.15) is 24.2 Å². The van der Waals surface area contributed by atoms with Gasteiger partial charge in [0.25, 0.3) is 10.0 Å². The van der Waals surface area contributed by atoms with Gasteiger partial charge in [-0.2, -0.15) is 10.4 Å². The van der Waals surface area contributed by atoms with Gasteiger partial charge in [-0.15, -0.1) is 0 Å². The monoisotopic (exact) mass is 272 g/mol. The predicted molar refractivity (Wildman–Crippen MR) is 60.1 cm³/mol. The second-order valence-electron chi connectivity index (χ2n) is 4.24. The Kier molecular flexibility index (Phi) is 3.73. The predicted octanol–water partition coefficient (Wildman–Crippen LogP) is -0.0640. The number of sulfonamides is 1. The van der Waals surface area contributed by atoms with Crippen LogP contribution in [-0.4, -0.2) is 36.2 Å². The van der Waals surface area contributed by atoms with Crippen LogP contribution in [0.25, 0.3) is 0 Å². The summed E-state index contributed by atoms with van der Waals surface area (Å²) in [4.78, 5) is 10.8. The lowest BCUT2D eigenvalue weighted by Gasteiger charge is -2.15. The number of nitrogens with zero attached hydrogens (tertiary/aromatic N) is 2. The van der Waals surface area contributed by atoms with E-state index in [1.807, 2.05) is 6.07 Å². The Morgan fingerprint density at radius 2 is 2.28 bits per heavy atom. The quantitative estimate of drug-likeness (QED) is 0.686. The molecule has 0 unspecified atom stereocenters. The third-order valence-electron chi connectivity index (χ3n) is 2.11. The molecule has 0 saturated heterocycles. The maximum Gasteiger partial charge on any atom is 0.340 e. The van der Waals surface area contributed by atoms with Gasteiger partial charge >= 0.3 is 5.97 Å². The van der Waals surface area contributed by atoms with Crippen molar-refractivity contribution in [3.05, 3.63) is 11.8 Å². The van der Waals surface area contributed by atoms with E-state index in [9.17, 15) is 13.2 Å². The molecule has 98 valence electrons. The van der Waals surface area contributed by atoms with E-state index >= 15 is 0 Å². The Labute approximate surface area is 104 Å². The molecule has 0 aliphatic heterocycles. The minimum atomic E-state index is -4.04. The zero-order valence-electron chi connectivity index (χ0n) is 9.76. The average Bonchev–Trinajstić information content (AvgIpc) is 2.76. The van der Waals surface area contributed by atoms with Crippen molar-refractivity contribution in [3.8, 4) is 6.07 Å². The minimum absolute atomic E-state index is 0.135. The number of carboxylic acid groups (broad SMARTS) is 1. The summed E-state index contributed by atoms with van der Waals surface area (Å²) in [7, 11) is -4.04. The first-order valence-electron chi connectivity index (χ1n) is 4.87. The van der Waals surface area contributed by atoms with Gasteiger partial charge in [0.05, 0.1) is 17.7 Å². The molecule has 0 fully saturated rings. The third kappa shape index (κ3) is 3.06. The fraction of sp³-hybridized carbons (Fsp3) is 0.444. The van der Waals surface area contributed by atoms with Gasteiger partial charge in [0.1, 0.15) is 5.56 Å². The number of carbonyl (C=O) groups is 1. The molecule has 0 amide bonds. The van der Waals surface area contributed by atoms with Gasteiger partial charge < -0.3 is 5.11 Å². The van der Waals surface area contributed by atoms with Crippen molar-refractivity contribution in [2.45, 2.75) is 18.9 Å². The van der Waals surface area contributed by atoms with Crippen molar-refractivity contribution >= 4 is 16.0 Å². The highest BCUT2D eigenvalue weighted by atomic mass is 32.2. The number of hydrogen-bond donors (Lipinski definition) is 3. The van der Waals surface area contributed by atoms with Gasteiger partial charge in [-0.1, -0.05) is 0 Å². The molecule has 8 nitrogen and oxygen atoms in total. The van der Waals surface area contributed by atoms with E-state index in [0.717, 1.165) is 6.20 Å². The van der Waals surface area contributed by atoms with Crippen LogP contribution in [0.15, 0.2) is 11.2 Å². The molecule has 1 aromatic rings. The van der Waals surface area contributed by atoms with E-state index in [1.54, 1.807) is 13.8 Å². The normalized spacial score (nSPS) is 12.1. The Hall–Kier alpha value is -1.92. The molecule has 0 radical (unpaired) electrons. The molecule has 0 saturated carbocycles. The maximum absolute atomic E-state index is 11.8. The molecular formula is C9H12N4O4S. The Morgan fingerprint density at radius 3 is 2.78 bits per heavy atom. The molecule has 1 heterocycles. The molecule has 0 atom stereocenters. The zero-order valence-corrected chi connectivity index (χ0v) is 10.6. The van der Waals surface area contributed by atoms with Crippen molar-refractivity contribution in [1.29, 1.82) is 5.26 Å². The molecule has 0 aromatic carbocycles. The minimum Gasteiger partial charge on any atom is -0.478 e. The summed E-state index contributed by atoms with van der Waals surface area (Å²) < 4.78 is 25.8. The number of nitrogens with one attached hydrogen (secondary N) is 2. The summed E-state index contributed by atoms with van der Waals surface area (Å²) >= 11 is 0. The van der Waals surface area contributed by atoms with Crippen molar-refractivity contribution in [1.82, 2.24) is 14.9 Å². The van der Waals surface area contributed by atoms with Crippen molar-refractivity contribution < 1.29 is 18.3 Å².